The smallest absolute Gasteiger partial charge is 0.253 e. The van der Waals surface area contributed by atoms with Gasteiger partial charge < -0.3 is 20.7 Å². The van der Waals surface area contributed by atoms with E-state index < -0.39 is 15.9 Å². The first-order valence-electron chi connectivity index (χ1n) is 7.54. The summed E-state index contributed by atoms with van der Waals surface area (Å²) in [5, 5.41) is 8.55. The molecule has 5 nitrogen and oxygen atoms in total. The largest absolute Gasteiger partial charge is 0.497 e. The van der Waals surface area contributed by atoms with Crippen LogP contribution in [0.15, 0.2) is 53.0 Å². The topological polar surface area (TPSA) is 62.4 Å². The third kappa shape index (κ3) is 7.01. The molecule has 0 bridgehead atoms. The zero-order valence-corrected chi connectivity index (χ0v) is 18.6. The van der Waals surface area contributed by atoms with Crippen molar-refractivity contribution in [3.63, 3.8) is 0 Å². The lowest BCUT2D eigenvalue weighted by atomic mass is 10.2. The van der Waals surface area contributed by atoms with Crippen molar-refractivity contribution in [1.82, 2.24) is 10.6 Å². The fraction of sp³-hybridized carbons (Fsp3) is 0.176. The molecule has 27 heavy (non-hydrogen) atoms. The molecule has 10 heteroatoms. The van der Waals surface area contributed by atoms with Crippen LogP contribution in [0.3, 0.4) is 0 Å². The Kier molecular flexibility index (Phi) is 8.00. The molecule has 0 aliphatic carbocycles. The van der Waals surface area contributed by atoms with E-state index in [4.69, 9.17) is 51.8 Å². The molecule has 0 saturated carbocycles. The molecule has 2 aromatic rings. The maximum Gasteiger partial charge on any atom is 0.253 e. The van der Waals surface area contributed by atoms with Gasteiger partial charge in [-0.05, 0) is 54.7 Å². The number of methoxy groups -OCH3 is 1. The first kappa shape index (κ1) is 22.0. The normalized spacial score (nSPS) is 12.0. The van der Waals surface area contributed by atoms with Gasteiger partial charge in [0.2, 0.25) is 3.79 Å². The average molecular weight is 512 g/mol. The Morgan fingerprint density at radius 1 is 1.15 bits per heavy atom. The Hall–Kier alpha value is -1.25. The summed E-state index contributed by atoms with van der Waals surface area (Å²) in [6.45, 7) is 0. The zero-order valence-electron chi connectivity index (χ0n) is 13.9. The van der Waals surface area contributed by atoms with Gasteiger partial charge in [0.05, 0.1) is 7.11 Å². The first-order chi connectivity index (χ1) is 12.7. The molecule has 144 valence electrons. The summed E-state index contributed by atoms with van der Waals surface area (Å²) in [7, 11) is 1.51. The van der Waals surface area contributed by atoms with Gasteiger partial charge in [0.1, 0.15) is 11.9 Å². The maximum absolute atomic E-state index is 12.5. The summed E-state index contributed by atoms with van der Waals surface area (Å²) >= 11 is 26.6. The van der Waals surface area contributed by atoms with E-state index >= 15 is 0 Å². The maximum atomic E-state index is 12.5. The molecule has 1 amide bonds. The molecule has 0 heterocycles. The first-order valence-corrected chi connectivity index (χ1v) is 9.87. The number of thiocarbonyl (C=S) groups is 1. The summed E-state index contributed by atoms with van der Waals surface area (Å²) in [6.07, 6.45) is -1.07. The van der Waals surface area contributed by atoms with E-state index in [1.807, 2.05) is 24.3 Å². The number of rotatable bonds is 5. The highest BCUT2D eigenvalue weighted by Crippen LogP contribution is 2.29. The van der Waals surface area contributed by atoms with Crippen molar-refractivity contribution in [2.75, 3.05) is 12.4 Å². The number of hydrogen-bond acceptors (Lipinski definition) is 3. The third-order valence-electron chi connectivity index (χ3n) is 3.31. The average Bonchev–Trinajstić information content (AvgIpc) is 2.62. The number of halogens is 4. The van der Waals surface area contributed by atoms with Crippen LogP contribution in [0.1, 0.15) is 10.4 Å². The van der Waals surface area contributed by atoms with Gasteiger partial charge in [-0.25, -0.2) is 0 Å². The van der Waals surface area contributed by atoms with Gasteiger partial charge in [0.15, 0.2) is 5.11 Å². The molecule has 0 radical (unpaired) electrons. The van der Waals surface area contributed by atoms with Crippen LogP contribution in [-0.2, 0) is 0 Å². The molecule has 0 aromatic heterocycles. The van der Waals surface area contributed by atoms with Crippen molar-refractivity contribution in [1.29, 1.82) is 0 Å². The number of hydrogen-bond donors (Lipinski definition) is 3. The molecule has 0 aliphatic heterocycles. The number of carbonyl (C=O) groups excluding carboxylic acids is 1. The minimum Gasteiger partial charge on any atom is -0.497 e. The van der Waals surface area contributed by atoms with E-state index in [0.29, 0.717) is 11.3 Å². The van der Waals surface area contributed by atoms with Crippen LogP contribution in [-0.4, -0.2) is 28.1 Å². The Bertz CT molecular complexity index is 816. The molecule has 2 aromatic carbocycles. The zero-order chi connectivity index (χ0) is 20.0. The summed E-state index contributed by atoms with van der Waals surface area (Å²) in [4.78, 5) is 12.5. The van der Waals surface area contributed by atoms with Gasteiger partial charge in [0, 0.05) is 15.7 Å². The molecule has 0 fully saturated rings. The SMILES string of the molecule is COc1cccc(C(=O)N[C@@H](NC(=S)Nc2ccc(Br)cc2)C(Cl)(Cl)Cl)c1. The van der Waals surface area contributed by atoms with Crippen molar-refractivity contribution >= 4 is 79.7 Å². The molecular weight excluding hydrogens is 497 g/mol. The van der Waals surface area contributed by atoms with E-state index in [2.05, 4.69) is 31.9 Å². The molecule has 0 unspecified atom stereocenters. The molecule has 0 aliphatic rings. The van der Waals surface area contributed by atoms with E-state index in [1.54, 1.807) is 24.3 Å². The van der Waals surface area contributed by atoms with Crippen LogP contribution in [0.2, 0.25) is 0 Å². The van der Waals surface area contributed by atoms with Gasteiger partial charge in [-0.2, -0.15) is 0 Å². The molecule has 2 rings (SSSR count). The van der Waals surface area contributed by atoms with Crippen LogP contribution in [0.25, 0.3) is 0 Å². The third-order valence-corrected chi connectivity index (χ3v) is 4.72. The highest BCUT2D eigenvalue weighted by molar-refractivity contribution is 9.10. The Balaban J connectivity index is 2.07. The molecule has 1 atom stereocenters. The fourth-order valence-electron chi connectivity index (χ4n) is 2.01. The number of carbonyl (C=O) groups is 1. The van der Waals surface area contributed by atoms with Crippen LogP contribution in [0.5, 0.6) is 5.75 Å². The van der Waals surface area contributed by atoms with E-state index in [-0.39, 0.29) is 5.11 Å². The van der Waals surface area contributed by atoms with E-state index in [1.165, 1.54) is 7.11 Å². The van der Waals surface area contributed by atoms with Crippen LogP contribution in [0.4, 0.5) is 5.69 Å². The number of ether oxygens (including phenoxy) is 1. The monoisotopic (exact) mass is 509 g/mol. The van der Waals surface area contributed by atoms with Gasteiger partial charge in [-0.3, -0.25) is 4.79 Å². The second-order valence-corrected chi connectivity index (χ2v) is 8.98. The predicted octanol–water partition coefficient (Wildman–Crippen LogP) is 4.87. The van der Waals surface area contributed by atoms with Crippen LogP contribution in [0, 0.1) is 0 Å². The van der Waals surface area contributed by atoms with Crippen molar-refractivity contribution < 1.29 is 9.53 Å². The quantitative estimate of drug-likeness (QED) is 0.304. The number of benzene rings is 2. The van der Waals surface area contributed by atoms with Gasteiger partial charge in [-0.15, -0.1) is 0 Å². The van der Waals surface area contributed by atoms with Crippen molar-refractivity contribution in [2.45, 2.75) is 9.96 Å². The van der Waals surface area contributed by atoms with E-state index in [9.17, 15) is 4.79 Å². The number of alkyl halides is 3. The Morgan fingerprint density at radius 2 is 1.81 bits per heavy atom. The molecular formula is C17H15BrCl3N3O2S. The lowest BCUT2D eigenvalue weighted by molar-refractivity contribution is 0.0934. The standard InChI is InChI=1S/C17H15BrCl3N3O2S/c1-26-13-4-2-3-10(9-13)14(25)23-15(17(19,20)21)24-16(27)22-12-7-5-11(18)6-8-12/h2-9,15H,1H3,(H,23,25)(H2,22,24,27)/t15-/m0/s1. The lowest BCUT2D eigenvalue weighted by Gasteiger charge is -2.27. The second-order valence-electron chi connectivity index (χ2n) is 5.29. The summed E-state index contributed by atoms with van der Waals surface area (Å²) in [6, 6.07) is 13.9. The van der Waals surface area contributed by atoms with Crippen molar-refractivity contribution in [2.24, 2.45) is 0 Å². The molecule has 0 saturated heterocycles. The minimum atomic E-state index is -1.85. The number of anilines is 1. The summed E-state index contributed by atoms with van der Waals surface area (Å²) in [5.41, 5.74) is 1.08. The highest BCUT2D eigenvalue weighted by atomic mass is 79.9. The lowest BCUT2D eigenvalue weighted by Crippen LogP contribution is -2.56. The predicted molar refractivity (Wildman–Crippen MR) is 118 cm³/mol. The fourth-order valence-corrected chi connectivity index (χ4v) is 2.84. The Morgan fingerprint density at radius 3 is 2.41 bits per heavy atom. The van der Waals surface area contributed by atoms with Crippen LogP contribution < -0.4 is 20.7 Å². The number of amides is 1. The molecule has 3 N–H and O–H groups in total. The minimum absolute atomic E-state index is 0.180. The summed E-state index contributed by atoms with van der Waals surface area (Å²) in [5.74, 6) is 0.0811. The number of nitrogens with one attached hydrogen (secondary N) is 3. The van der Waals surface area contributed by atoms with Gasteiger partial charge in [-0.1, -0.05) is 56.8 Å². The second kappa shape index (κ2) is 9.80. The van der Waals surface area contributed by atoms with E-state index in [0.717, 1.165) is 10.2 Å². The van der Waals surface area contributed by atoms with Gasteiger partial charge >= 0.3 is 0 Å². The van der Waals surface area contributed by atoms with Crippen LogP contribution >= 0.6 is 63.0 Å². The molecule has 0 spiro atoms. The van der Waals surface area contributed by atoms with Crippen molar-refractivity contribution in [3.8, 4) is 5.75 Å². The highest BCUT2D eigenvalue weighted by Gasteiger charge is 2.35. The summed E-state index contributed by atoms with van der Waals surface area (Å²) < 4.78 is 4.19. The Labute approximate surface area is 185 Å². The van der Waals surface area contributed by atoms with Crippen molar-refractivity contribution in [3.05, 3.63) is 58.6 Å². The van der Waals surface area contributed by atoms with Gasteiger partial charge in [0.25, 0.3) is 5.91 Å².